The smallest absolute Gasteiger partial charge is 0.269 e. The summed E-state index contributed by atoms with van der Waals surface area (Å²) < 4.78 is 14.3. The Labute approximate surface area is 180 Å². The van der Waals surface area contributed by atoms with E-state index < -0.39 is 45.8 Å². The van der Waals surface area contributed by atoms with E-state index in [-0.39, 0.29) is 17.4 Å². The van der Waals surface area contributed by atoms with Crippen LogP contribution in [0.1, 0.15) is 18.4 Å². The van der Waals surface area contributed by atoms with Crippen LogP contribution in [-0.2, 0) is 19.9 Å². The van der Waals surface area contributed by atoms with Crippen LogP contribution in [0.3, 0.4) is 0 Å². The van der Waals surface area contributed by atoms with Gasteiger partial charge in [0.25, 0.3) is 5.69 Å². The second-order valence-corrected chi connectivity index (χ2v) is 8.60. The second-order valence-electron chi connectivity index (χ2n) is 8.60. The maximum Gasteiger partial charge on any atom is 0.269 e. The third-order valence-electron chi connectivity index (χ3n) is 7.27. The summed E-state index contributed by atoms with van der Waals surface area (Å²) in [6.45, 7) is 0.527. The first-order valence-electron chi connectivity index (χ1n) is 10.4. The summed E-state index contributed by atoms with van der Waals surface area (Å²) in [5, 5.41) is 13.8. The number of imide groups is 1. The van der Waals surface area contributed by atoms with Gasteiger partial charge in [0.15, 0.2) is 0 Å². The fourth-order valence-electron chi connectivity index (χ4n) is 6.15. The number of rotatable bonds is 2. The average Bonchev–Trinajstić information content (AvgIpc) is 3.47. The van der Waals surface area contributed by atoms with Crippen molar-refractivity contribution in [3.63, 3.8) is 0 Å². The first-order valence-corrected chi connectivity index (χ1v) is 10.4. The average molecular weight is 436 g/mol. The molecule has 0 unspecified atom stereocenters. The molecule has 0 radical (unpaired) electrons. The van der Waals surface area contributed by atoms with E-state index in [0.717, 1.165) is 11.3 Å². The van der Waals surface area contributed by atoms with Crippen LogP contribution in [0.2, 0.25) is 0 Å². The van der Waals surface area contributed by atoms with Gasteiger partial charge in [-0.3, -0.25) is 29.4 Å². The molecule has 4 heterocycles. The van der Waals surface area contributed by atoms with Crippen molar-refractivity contribution in [2.45, 2.75) is 24.4 Å². The first-order chi connectivity index (χ1) is 15.4. The van der Waals surface area contributed by atoms with Gasteiger partial charge in [0.05, 0.1) is 22.4 Å². The SMILES string of the molecule is O=C1[C@@H]2[C@@H]3CCCN3[C@@]3(C(=O)Nc4ccc(F)cc43)[C@H]2C(=O)N1c1ccc([N+](=O)[O-])cc1. The van der Waals surface area contributed by atoms with Crippen LogP contribution < -0.4 is 10.2 Å². The van der Waals surface area contributed by atoms with E-state index in [1.165, 1.54) is 42.5 Å². The number of hydrogen-bond donors (Lipinski definition) is 1. The number of fused-ring (bicyclic) bond motifs is 7. The lowest BCUT2D eigenvalue weighted by Crippen LogP contribution is -2.54. The van der Waals surface area contributed by atoms with Gasteiger partial charge < -0.3 is 5.32 Å². The van der Waals surface area contributed by atoms with E-state index >= 15 is 0 Å². The van der Waals surface area contributed by atoms with Crippen molar-refractivity contribution < 1.29 is 23.7 Å². The molecule has 10 heteroatoms. The molecule has 0 saturated carbocycles. The van der Waals surface area contributed by atoms with Crippen LogP contribution in [0.5, 0.6) is 0 Å². The Morgan fingerprint density at radius 3 is 2.56 bits per heavy atom. The summed E-state index contributed by atoms with van der Waals surface area (Å²) in [6.07, 6.45) is 1.40. The van der Waals surface area contributed by atoms with Crippen LogP contribution in [0.15, 0.2) is 42.5 Å². The Kier molecular flexibility index (Phi) is 3.69. The van der Waals surface area contributed by atoms with Crippen molar-refractivity contribution in [1.82, 2.24) is 4.90 Å². The molecule has 32 heavy (non-hydrogen) atoms. The van der Waals surface area contributed by atoms with Crippen molar-refractivity contribution in [2.24, 2.45) is 11.8 Å². The molecule has 0 aliphatic carbocycles. The highest BCUT2D eigenvalue weighted by atomic mass is 19.1. The van der Waals surface area contributed by atoms with Gasteiger partial charge in [-0.1, -0.05) is 0 Å². The number of nitro groups is 1. The minimum Gasteiger partial charge on any atom is -0.324 e. The van der Waals surface area contributed by atoms with Crippen molar-refractivity contribution >= 4 is 34.8 Å². The zero-order valence-corrected chi connectivity index (χ0v) is 16.7. The molecule has 1 N–H and O–H groups in total. The number of carbonyl (C=O) groups excluding carboxylic acids is 3. The van der Waals surface area contributed by atoms with E-state index in [9.17, 15) is 28.9 Å². The largest absolute Gasteiger partial charge is 0.324 e. The molecule has 162 valence electrons. The van der Waals surface area contributed by atoms with E-state index in [2.05, 4.69) is 5.32 Å². The second kappa shape index (κ2) is 6.19. The molecule has 0 bridgehead atoms. The van der Waals surface area contributed by atoms with Gasteiger partial charge in [-0.15, -0.1) is 0 Å². The van der Waals surface area contributed by atoms with Gasteiger partial charge in [0.1, 0.15) is 11.4 Å². The minimum atomic E-state index is -1.45. The van der Waals surface area contributed by atoms with Crippen molar-refractivity contribution in [3.05, 3.63) is 64.0 Å². The predicted octanol–water partition coefficient (Wildman–Crippen LogP) is 2.17. The number of hydrogen-bond acceptors (Lipinski definition) is 6. The fourth-order valence-corrected chi connectivity index (χ4v) is 6.15. The van der Waals surface area contributed by atoms with Gasteiger partial charge in [-0.25, -0.2) is 9.29 Å². The number of anilines is 2. The summed E-state index contributed by atoms with van der Waals surface area (Å²) in [6, 6.07) is 8.86. The first kappa shape index (κ1) is 19.1. The molecule has 2 aromatic carbocycles. The number of carbonyl (C=O) groups is 3. The topological polar surface area (TPSA) is 113 Å². The summed E-state index contributed by atoms with van der Waals surface area (Å²) in [5.41, 5.74) is -0.570. The molecular formula is C22H17FN4O5. The van der Waals surface area contributed by atoms with Gasteiger partial charge in [0, 0.05) is 29.4 Å². The molecule has 3 saturated heterocycles. The molecule has 9 nitrogen and oxygen atoms in total. The quantitative estimate of drug-likeness (QED) is 0.439. The number of halogens is 1. The van der Waals surface area contributed by atoms with Gasteiger partial charge >= 0.3 is 0 Å². The van der Waals surface area contributed by atoms with E-state index in [1.807, 2.05) is 4.90 Å². The molecule has 2 aromatic rings. The highest BCUT2D eigenvalue weighted by Crippen LogP contribution is 2.60. The summed E-state index contributed by atoms with van der Waals surface area (Å²) in [4.78, 5) is 54.0. The molecule has 3 fully saturated rings. The molecule has 0 aromatic heterocycles. The van der Waals surface area contributed by atoms with Crippen molar-refractivity contribution in [2.75, 3.05) is 16.8 Å². The highest BCUT2D eigenvalue weighted by Gasteiger charge is 2.74. The number of nitrogens with zero attached hydrogens (tertiary/aromatic N) is 3. The normalized spacial score (nSPS) is 30.6. The zero-order valence-electron chi connectivity index (χ0n) is 16.7. The van der Waals surface area contributed by atoms with Crippen LogP contribution >= 0.6 is 0 Å². The Bertz CT molecular complexity index is 1230. The molecular weight excluding hydrogens is 419 g/mol. The van der Waals surface area contributed by atoms with Gasteiger partial charge in [0.2, 0.25) is 17.7 Å². The third kappa shape index (κ3) is 2.12. The van der Waals surface area contributed by atoms with Crippen molar-refractivity contribution in [1.29, 1.82) is 0 Å². The van der Waals surface area contributed by atoms with E-state index in [0.29, 0.717) is 24.2 Å². The summed E-state index contributed by atoms with van der Waals surface area (Å²) in [7, 11) is 0. The number of benzene rings is 2. The monoisotopic (exact) mass is 436 g/mol. The van der Waals surface area contributed by atoms with Crippen LogP contribution in [0, 0.1) is 27.8 Å². The number of nitro benzene ring substituents is 1. The molecule has 4 atom stereocenters. The molecule has 4 aliphatic heterocycles. The number of nitrogens with one attached hydrogen (secondary N) is 1. The van der Waals surface area contributed by atoms with Crippen LogP contribution in [0.4, 0.5) is 21.5 Å². The Morgan fingerprint density at radius 2 is 1.84 bits per heavy atom. The Balaban J connectivity index is 1.51. The number of non-ortho nitro benzene ring substituents is 1. The predicted molar refractivity (Wildman–Crippen MR) is 109 cm³/mol. The van der Waals surface area contributed by atoms with E-state index in [1.54, 1.807) is 0 Å². The lowest BCUT2D eigenvalue weighted by molar-refractivity contribution is -0.384. The van der Waals surface area contributed by atoms with Gasteiger partial charge in [-0.05, 0) is 49.7 Å². The summed E-state index contributed by atoms with van der Waals surface area (Å²) >= 11 is 0. The lowest BCUT2D eigenvalue weighted by Gasteiger charge is -2.36. The van der Waals surface area contributed by atoms with E-state index in [4.69, 9.17) is 0 Å². The Hall–Kier alpha value is -3.66. The maximum atomic E-state index is 14.3. The molecule has 1 spiro atoms. The fraction of sp³-hybridized carbons (Fsp3) is 0.318. The molecule has 3 amide bonds. The minimum absolute atomic E-state index is 0.161. The van der Waals surface area contributed by atoms with Gasteiger partial charge in [-0.2, -0.15) is 0 Å². The zero-order chi connectivity index (χ0) is 22.4. The van der Waals surface area contributed by atoms with Crippen LogP contribution in [-0.4, -0.2) is 40.1 Å². The molecule has 4 aliphatic rings. The summed E-state index contributed by atoms with van der Waals surface area (Å²) in [5.74, 6) is -3.68. The number of amides is 3. The standard InChI is InChI=1S/C22H17FN4O5/c23-11-3-8-15-14(10-11)22(21(30)24-15)18-17(16-2-1-9-25(16)22)19(28)26(20(18)29)12-4-6-13(7-5-12)27(31)32/h3-8,10,16-18H,1-2,9H2,(H,24,30)/t16-,17+,18+,22+/m0/s1. The van der Waals surface area contributed by atoms with Crippen LogP contribution in [0.25, 0.3) is 0 Å². The molecule has 6 rings (SSSR count). The maximum absolute atomic E-state index is 14.3. The highest BCUT2D eigenvalue weighted by molar-refractivity contribution is 6.25. The third-order valence-corrected chi connectivity index (χ3v) is 7.27. The Morgan fingerprint density at radius 1 is 1.09 bits per heavy atom. The van der Waals surface area contributed by atoms with Crippen molar-refractivity contribution in [3.8, 4) is 0 Å². The lowest BCUT2D eigenvalue weighted by atomic mass is 9.75.